The monoisotopic (exact) mass is 422 g/mol. The van der Waals surface area contributed by atoms with Crippen LogP contribution in [0.5, 0.6) is 5.75 Å². The van der Waals surface area contributed by atoms with Gasteiger partial charge in [0, 0.05) is 23.1 Å². The van der Waals surface area contributed by atoms with E-state index in [0.29, 0.717) is 22.3 Å². The van der Waals surface area contributed by atoms with Crippen LogP contribution in [0.4, 0.5) is 0 Å². The van der Waals surface area contributed by atoms with E-state index in [0.717, 1.165) is 12.0 Å². The molecule has 0 fully saturated rings. The molecule has 2 aromatic rings. The van der Waals surface area contributed by atoms with Gasteiger partial charge in [0.2, 0.25) is 5.91 Å². The summed E-state index contributed by atoms with van der Waals surface area (Å²) in [4.78, 5) is 26.8. The first kappa shape index (κ1) is 22.1. The normalized spacial score (nSPS) is 11.6. The maximum atomic E-state index is 12.8. The van der Waals surface area contributed by atoms with E-state index in [1.807, 2.05) is 19.1 Å². The lowest BCUT2D eigenvalue weighted by Crippen LogP contribution is -2.49. The summed E-state index contributed by atoms with van der Waals surface area (Å²) in [6.45, 7) is 4.34. The van der Waals surface area contributed by atoms with Gasteiger partial charge in [-0.05, 0) is 55.3 Å². The molecular weight excluding hydrogens is 399 g/mol. The molecule has 0 heterocycles. The van der Waals surface area contributed by atoms with Gasteiger partial charge in [-0.2, -0.15) is 0 Å². The van der Waals surface area contributed by atoms with Crippen LogP contribution in [0.15, 0.2) is 48.5 Å². The predicted octanol–water partition coefficient (Wildman–Crippen LogP) is 4.32. The van der Waals surface area contributed by atoms with E-state index in [-0.39, 0.29) is 25.0 Å². The summed E-state index contributed by atoms with van der Waals surface area (Å²) >= 11 is 11.8. The Bertz CT molecular complexity index is 779. The van der Waals surface area contributed by atoms with E-state index < -0.39 is 6.04 Å². The van der Waals surface area contributed by atoms with Crippen molar-refractivity contribution in [1.29, 1.82) is 0 Å². The van der Waals surface area contributed by atoms with Crippen molar-refractivity contribution in [2.75, 3.05) is 13.2 Å². The SMILES string of the molecule is CCCNC(=O)C(C)N(Cc1ccc(Cl)cc1)C(=O)COc1ccc(Cl)cc1. The Morgan fingerprint density at radius 1 is 1.04 bits per heavy atom. The second-order valence-electron chi connectivity index (χ2n) is 6.36. The Morgan fingerprint density at radius 3 is 2.18 bits per heavy atom. The Kier molecular flexibility index (Phi) is 8.61. The lowest BCUT2D eigenvalue weighted by atomic mass is 10.1. The molecule has 7 heteroatoms. The third-order valence-electron chi connectivity index (χ3n) is 4.16. The van der Waals surface area contributed by atoms with Gasteiger partial charge in [0.15, 0.2) is 6.61 Å². The van der Waals surface area contributed by atoms with Gasteiger partial charge in [0.05, 0.1) is 0 Å². The molecule has 2 amide bonds. The molecule has 0 spiro atoms. The molecule has 0 aliphatic rings. The molecule has 150 valence electrons. The van der Waals surface area contributed by atoms with Gasteiger partial charge in [0.1, 0.15) is 11.8 Å². The highest BCUT2D eigenvalue weighted by Crippen LogP contribution is 2.17. The average Bonchev–Trinajstić information content (AvgIpc) is 2.70. The largest absolute Gasteiger partial charge is 0.484 e. The van der Waals surface area contributed by atoms with Crippen molar-refractivity contribution in [3.05, 3.63) is 64.1 Å². The first-order valence-electron chi connectivity index (χ1n) is 9.10. The van der Waals surface area contributed by atoms with E-state index in [9.17, 15) is 9.59 Å². The minimum Gasteiger partial charge on any atom is -0.484 e. The summed E-state index contributed by atoms with van der Waals surface area (Å²) in [7, 11) is 0. The summed E-state index contributed by atoms with van der Waals surface area (Å²) < 4.78 is 5.57. The zero-order valence-corrected chi connectivity index (χ0v) is 17.5. The van der Waals surface area contributed by atoms with Gasteiger partial charge in [-0.15, -0.1) is 0 Å². The number of halogens is 2. The summed E-state index contributed by atoms with van der Waals surface area (Å²) in [5, 5.41) is 4.03. The third kappa shape index (κ3) is 6.73. The second-order valence-corrected chi connectivity index (χ2v) is 7.23. The van der Waals surface area contributed by atoms with Crippen molar-refractivity contribution in [3.8, 4) is 5.75 Å². The minimum absolute atomic E-state index is 0.180. The predicted molar refractivity (Wildman–Crippen MR) is 112 cm³/mol. The number of carbonyl (C=O) groups excluding carboxylic acids is 2. The number of hydrogen-bond acceptors (Lipinski definition) is 3. The van der Waals surface area contributed by atoms with Crippen LogP contribution in [0, 0.1) is 0 Å². The lowest BCUT2D eigenvalue weighted by Gasteiger charge is -2.28. The molecule has 5 nitrogen and oxygen atoms in total. The second kappa shape index (κ2) is 10.9. The van der Waals surface area contributed by atoms with Crippen LogP contribution in [0.3, 0.4) is 0 Å². The zero-order chi connectivity index (χ0) is 20.5. The highest BCUT2D eigenvalue weighted by atomic mass is 35.5. The Balaban J connectivity index is 2.10. The number of nitrogens with one attached hydrogen (secondary N) is 1. The van der Waals surface area contributed by atoms with Crippen molar-refractivity contribution >= 4 is 35.0 Å². The van der Waals surface area contributed by atoms with Crippen molar-refractivity contribution in [2.45, 2.75) is 32.9 Å². The van der Waals surface area contributed by atoms with E-state index >= 15 is 0 Å². The van der Waals surface area contributed by atoms with Gasteiger partial charge in [-0.1, -0.05) is 42.3 Å². The fourth-order valence-electron chi connectivity index (χ4n) is 2.52. The molecule has 2 rings (SSSR count). The van der Waals surface area contributed by atoms with Crippen molar-refractivity contribution in [1.82, 2.24) is 10.2 Å². The van der Waals surface area contributed by atoms with E-state index in [1.165, 1.54) is 4.90 Å². The lowest BCUT2D eigenvalue weighted by molar-refractivity contribution is -0.142. The van der Waals surface area contributed by atoms with Gasteiger partial charge >= 0.3 is 0 Å². The Labute approximate surface area is 175 Å². The molecule has 2 aromatic carbocycles. The molecule has 0 saturated heterocycles. The van der Waals surface area contributed by atoms with Crippen LogP contribution in [-0.2, 0) is 16.1 Å². The summed E-state index contributed by atoms with van der Waals surface area (Å²) in [5.41, 5.74) is 0.874. The number of nitrogens with zero attached hydrogens (tertiary/aromatic N) is 1. The number of hydrogen-bond donors (Lipinski definition) is 1. The number of carbonyl (C=O) groups is 2. The molecule has 1 atom stereocenters. The fourth-order valence-corrected chi connectivity index (χ4v) is 2.78. The standard InChI is InChI=1S/C21H24Cl2N2O3/c1-3-12-24-21(27)15(2)25(13-16-4-6-17(22)7-5-16)20(26)14-28-19-10-8-18(23)9-11-19/h4-11,15H,3,12-14H2,1-2H3,(H,24,27). The third-order valence-corrected chi connectivity index (χ3v) is 4.66. The van der Waals surface area contributed by atoms with Crippen LogP contribution in [0.25, 0.3) is 0 Å². The first-order chi connectivity index (χ1) is 13.4. The van der Waals surface area contributed by atoms with Crippen LogP contribution in [-0.4, -0.2) is 35.9 Å². The molecule has 1 unspecified atom stereocenters. The number of amides is 2. The smallest absolute Gasteiger partial charge is 0.261 e. The Hall–Kier alpha value is -2.24. The van der Waals surface area contributed by atoms with Crippen molar-refractivity contribution in [3.63, 3.8) is 0 Å². The van der Waals surface area contributed by atoms with Gasteiger partial charge in [-0.3, -0.25) is 9.59 Å². The topological polar surface area (TPSA) is 58.6 Å². The first-order valence-corrected chi connectivity index (χ1v) is 9.86. The molecule has 0 radical (unpaired) electrons. The summed E-state index contributed by atoms with van der Waals surface area (Å²) in [5.74, 6) is 0.0481. The average molecular weight is 423 g/mol. The van der Waals surface area contributed by atoms with Gasteiger partial charge < -0.3 is 15.0 Å². The molecule has 28 heavy (non-hydrogen) atoms. The number of rotatable bonds is 9. The minimum atomic E-state index is -0.636. The van der Waals surface area contributed by atoms with Crippen LogP contribution >= 0.6 is 23.2 Å². The van der Waals surface area contributed by atoms with Crippen molar-refractivity contribution in [2.24, 2.45) is 0 Å². The summed E-state index contributed by atoms with van der Waals surface area (Å²) in [6.07, 6.45) is 0.823. The maximum Gasteiger partial charge on any atom is 0.261 e. The molecule has 0 aliphatic carbocycles. The molecule has 1 N–H and O–H groups in total. The molecule has 0 saturated carbocycles. The fraction of sp³-hybridized carbons (Fsp3) is 0.333. The van der Waals surface area contributed by atoms with E-state index in [1.54, 1.807) is 43.3 Å². The van der Waals surface area contributed by atoms with Gasteiger partial charge in [0.25, 0.3) is 5.91 Å². The highest BCUT2D eigenvalue weighted by Gasteiger charge is 2.26. The molecular formula is C21H24Cl2N2O3. The highest BCUT2D eigenvalue weighted by molar-refractivity contribution is 6.30. The van der Waals surface area contributed by atoms with Crippen LogP contribution in [0.2, 0.25) is 10.0 Å². The molecule has 0 aromatic heterocycles. The maximum absolute atomic E-state index is 12.8. The quantitative estimate of drug-likeness (QED) is 0.654. The van der Waals surface area contributed by atoms with Crippen LogP contribution in [0.1, 0.15) is 25.8 Å². The summed E-state index contributed by atoms with van der Waals surface area (Å²) in [6, 6.07) is 13.3. The number of ether oxygens (including phenoxy) is 1. The molecule has 0 aliphatic heterocycles. The van der Waals surface area contributed by atoms with E-state index in [2.05, 4.69) is 5.32 Å². The zero-order valence-electron chi connectivity index (χ0n) is 16.0. The van der Waals surface area contributed by atoms with Crippen molar-refractivity contribution < 1.29 is 14.3 Å². The van der Waals surface area contributed by atoms with Gasteiger partial charge in [-0.25, -0.2) is 0 Å². The van der Waals surface area contributed by atoms with Crippen LogP contribution < -0.4 is 10.1 Å². The van der Waals surface area contributed by atoms with E-state index in [4.69, 9.17) is 27.9 Å². The molecule has 0 bridgehead atoms. The Morgan fingerprint density at radius 2 is 1.61 bits per heavy atom. The number of benzene rings is 2.